The minimum atomic E-state index is -3.49. The molecular weight excluding hydrogens is 280 g/mol. The van der Waals surface area contributed by atoms with E-state index in [9.17, 15) is 8.42 Å². The number of sulfonamides is 1. The molecule has 106 valence electrons. The highest BCUT2D eigenvalue weighted by atomic mass is 32.2. The Morgan fingerprint density at radius 2 is 2.11 bits per heavy atom. The third-order valence-corrected chi connectivity index (χ3v) is 5.16. The first kappa shape index (κ1) is 16.1. The fourth-order valence-electron chi connectivity index (χ4n) is 1.62. The van der Waals surface area contributed by atoms with Crippen LogP contribution in [0.3, 0.4) is 0 Å². The molecule has 0 atom stereocenters. The van der Waals surface area contributed by atoms with E-state index in [0.29, 0.717) is 23.5 Å². The van der Waals surface area contributed by atoms with Gasteiger partial charge in [-0.25, -0.2) is 13.1 Å². The smallest absolute Gasteiger partial charge is 0.240 e. The zero-order valence-electron chi connectivity index (χ0n) is 11.3. The molecule has 0 radical (unpaired) electrons. The monoisotopic (exact) mass is 300 g/mol. The minimum Gasteiger partial charge on any atom is -0.398 e. The topological polar surface area (TPSA) is 72.2 Å². The Balaban J connectivity index is 2.80. The number of nitrogens with one attached hydrogen (secondary N) is 1. The normalized spacial score (nSPS) is 11.5. The summed E-state index contributed by atoms with van der Waals surface area (Å²) in [7, 11) is -3.49. The van der Waals surface area contributed by atoms with E-state index in [1.807, 2.05) is 6.92 Å². The summed E-state index contributed by atoms with van der Waals surface area (Å²) in [6, 6.07) is 3.42. The maximum absolute atomic E-state index is 12.2. The van der Waals surface area contributed by atoms with Gasteiger partial charge in [-0.2, -0.15) is 11.8 Å². The number of hydrogen-bond donors (Lipinski definition) is 2. The van der Waals surface area contributed by atoms with Crippen molar-refractivity contribution in [2.24, 2.45) is 0 Å². The fourth-order valence-corrected chi connectivity index (χ4v) is 3.72. The number of aryl methyl sites for hydroxylation is 1. The Morgan fingerprint density at radius 1 is 1.42 bits per heavy atom. The summed E-state index contributed by atoms with van der Waals surface area (Å²) in [6.07, 6.45) is 1.80. The molecule has 1 aromatic carbocycles. The Bertz CT molecular complexity index is 554. The van der Waals surface area contributed by atoms with Crippen molar-refractivity contribution in [3.05, 3.63) is 35.9 Å². The summed E-state index contributed by atoms with van der Waals surface area (Å²) in [6.45, 7) is 7.56. The van der Waals surface area contributed by atoms with Gasteiger partial charge in [0.1, 0.15) is 0 Å². The molecule has 0 heterocycles. The standard InChI is InChI=1S/C13H20N2O2S2/c1-4-6-18-7-5-15-19(16,17)13-9-10(2)8-12(14)11(13)3/h4,8-9,15H,1,5-7,14H2,2-3H3. The highest BCUT2D eigenvalue weighted by Crippen LogP contribution is 2.22. The van der Waals surface area contributed by atoms with Crippen molar-refractivity contribution in [1.29, 1.82) is 0 Å². The number of anilines is 1. The molecule has 4 nitrogen and oxygen atoms in total. The first-order chi connectivity index (χ1) is 8.88. The van der Waals surface area contributed by atoms with E-state index in [-0.39, 0.29) is 4.90 Å². The number of nitrogen functional groups attached to an aromatic ring is 1. The van der Waals surface area contributed by atoms with Crippen molar-refractivity contribution in [2.75, 3.05) is 23.8 Å². The lowest BCUT2D eigenvalue weighted by molar-refractivity contribution is 0.583. The zero-order chi connectivity index (χ0) is 14.5. The molecule has 0 fully saturated rings. The van der Waals surface area contributed by atoms with Crippen LogP contribution in [0, 0.1) is 13.8 Å². The van der Waals surface area contributed by atoms with E-state index in [1.165, 1.54) is 0 Å². The number of thioether (sulfide) groups is 1. The van der Waals surface area contributed by atoms with E-state index < -0.39 is 10.0 Å². The van der Waals surface area contributed by atoms with E-state index in [0.717, 1.165) is 11.3 Å². The molecule has 0 saturated carbocycles. The summed E-state index contributed by atoms with van der Waals surface area (Å²) in [4.78, 5) is 0.263. The Labute approximate surface area is 119 Å². The third kappa shape index (κ3) is 4.56. The average Bonchev–Trinajstić information content (AvgIpc) is 2.33. The van der Waals surface area contributed by atoms with Crippen LogP contribution < -0.4 is 10.5 Å². The SMILES string of the molecule is C=CCSCCNS(=O)(=O)c1cc(C)cc(N)c1C. The number of nitrogens with two attached hydrogens (primary N) is 1. The molecule has 1 rings (SSSR count). The van der Waals surface area contributed by atoms with Gasteiger partial charge in [-0.05, 0) is 37.1 Å². The molecular formula is C13H20N2O2S2. The molecule has 0 aliphatic carbocycles. The molecule has 0 spiro atoms. The van der Waals surface area contributed by atoms with Gasteiger partial charge < -0.3 is 5.73 Å². The Morgan fingerprint density at radius 3 is 2.74 bits per heavy atom. The predicted molar refractivity (Wildman–Crippen MR) is 83.0 cm³/mol. The number of rotatable bonds is 7. The summed E-state index contributed by atoms with van der Waals surface area (Å²) >= 11 is 1.63. The van der Waals surface area contributed by atoms with Crippen molar-refractivity contribution in [3.8, 4) is 0 Å². The lowest BCUT2D eigenvalue weighted by Gasteiger charge is -2.12. The van der Waals surface area contributed by atoms with Gasteiger partial charge in [-0.1, -0.05) is 6.08 Å². The van der Waals surface area contributed by atoms with Gasteiger partial charge in [-0.15, -0.1) is 6.58 Å². The van der Waals surface area contributed by atoms with Crippen molar-refractivity contribution in [1.82, 2.24) is 4.72 Å². The fraction of sp³-hybridized carbons (Fsp3) is 0.385. The lowest BCUT2D eigenvalue weighted by Crippen LogP contribution is -2.27. The van der Waals surface area contributed by atoms with Crippen LogP contribution in [0.4, 0.5) is 5.69 Å². The Kier molecular flexibility index (Phi) is 5.90. The minimum absolute atomic E-state index is 0.263. The van der Waals surface area contributed by atoms with E-state index in [4.69, 9.17) is 5.73 Å². The highest BCUT2D eigenvalue weighted by molar-refractivity contribution is 7.99. The zero-order valence-corrected chi connectivity index (χ0v) is 12.9. The van der Waals surface area contributed by atoms with Gasteiger partial charge >= 0.3 is 0 Å². The molecule has 19 heavy (non-hydrogen) atoms. The first-order valence-corrected chi connectivity index (χ1v) is 8.57. The van der Waals surface area contributed by atoms with Gasteiger partial charge in [0.05, 0.1) is 4.90 Å². The van der Waals surface area contributed by atoms with Crippen LogP contribution in [0.5, 0.6) is 0 Å². The van der Waals surface area contributed by atoms with Crippen LogP contribution in [0.1, 0.15) is 11.1 Å². The third-order valence-electron chi connectivity index (χ3n) is 2.61. The molecule has 0 saturated heterocycles. The second-order valence-corrected chi connectivity index (χ2v) is 7.12. The van der Waals surface area contributed by atoms with Gasteiger partial charge in [0, 0.05) is 23.7 Å². The van der Waals surface area contributed by atoms with Crippen LogP contribution in [-0.2, 0) is 10.0 Å². The van der Waals surface area contributed by atoms with E-state index in [2.05, 4.69) is 11.3 Å². The summed E-state index contributed by atoms with van der Waals surface area (Å²) < 4.78 is 27.0. The molecule has 3 N–H and O–H groups in total. The molecule has 1 aromatic rings. The van der Waals surface area contributed by atoms with Crippen LogP contribution in [-0.4, -0.2) is 26.5 Å². The quantitative estimate of drug-likeness (QED) is 0.459. The van der Waals surface area contributed by atoms with Crippen molar-refractivity contribution < 1.29 is 8.42 Å². The molecule has 0 bridgehead atoms. The van der Waals surface area contributed by atoms with E-state index >= 15 is 0 Å². The summed E-state index contributed by atoms with van der Waals surface area (Å²) in [5.41, 5.74) is 7.74. The molecule has 6 heteroatoms. The van der Waals surface area contributed by atoms with Crippen molar-refractivity contribution in [2.45, 2.75) is 18.7 Å². The Hall–Kier alpha value is -0.980. The van der Waals surface area contributed by atoms with Gasteiger partial charge in [-0.3, -0.25) is 0 Å². The summed E-state index contributed by atoms with van der Waals surface area (Å²) in [5, 5.41) is 0. The van der Waals surface area contributed by atoms with Crippen LogP contribution in [0.15, 0.2) is 29.7 Å². The second-order valence-electron chi connectivity index (χ2n) is 4.24. The van der Waals surface area contributed by atoms with Crippen LogP contribution in [0.25, 0.3) is 0 Å². The van der Waals surface area contributed by atoms with Crippen LogP contribution >= 0.6 is 11.8 Å². The van der Waals surface area contributed by atoms with Crippen molar-refractivity contribution >= 4 is 27.5 Å². The van der Waals surface area contributed by atoms with Crippen LogP contribution in [0.2, 0.25) is 0 Å². The average molecular weight is 300 g/mol. The number of hydrogen-bond acceptors (Lipinski definition) is 4. The van der Waals surface area contributed by atoms with Crippen molar-refractivity contribution in [3.63, 3.8) is 0 Å². The summed E-state index contributed by atoms with van der Waals surface area (Å²) in [5.74, 6) is 1.53. The maximum atomic E-state index is 12.2. The largest absolute Gasteiger partial charge is 0.398 e. The molecule has 0 aliphatic rings. The molecule has 0 aromatic heterocycles. The second kappa shape index (κ2) is 6.98. The number of benzene rings is 1. The van der Waals surface area contributed by atoms with Gasteiger partial charge in [0.15, 0.2) is 0 Å². The molecule has 0 amide bonds. The first-order valence-electron chi connectivity index (χ1n) is 5.93. The van der Waals surface area contributed by atoms with Gasteiger partial charge in [0.2, 0.25) is 10.0 Å². The lowest BCUT2D eigenvalue weighted by atomic mass is 10.1. The maximum Gasteiger partial charge on any atom is 0.240 e. The van der Waals surface area contributed by atoms with Gasteiger partial charge in [0.25, 0.3) is 0 Å². The predicted octanol–water partition coefficient (Wildman–Crippen LogP) is 2.08. The highest BCUT2D eigenvalue weighted by Gasteiger charge is 2.18. The van der Waals surface area contributed by atoms with E-state index in [1.54, 1.807) is 36.9 Å². The molecule has 0 unspecified atom stereocenters. The molecule has 0 aliphatic heterocycles.